The van der Waals surface area contributed by atoms with Gasteiger partial charge in [-0.2, -0.15) is 0 Å². The maximum absolute atomic E-state index is 6.05. The second kappa shape index (κ2) is 5.83. The van der Waals surface area contributed by atoms with E-state index in [2.05, 4.69) is 16.8 Å². The Bertz CT molecular complexity index is 272. The van der Waals surface area contributed by atoms with Gasteiger partial charge in [0, 0.05) is 25.8 Å². The highest BCUT2D eigenvalue weighted by atomic mass is 35.5. The summed E-state index contributed by atoms with van der Waals surface area (Å²) in [6, 6.07) is 3.68. The van der Waals surface area contributed by atoms with Crippen LogP contribution in [0.2, 0.25) is 5.02 Å². The lowest BCUT2D eigenvalue weighted by atomic mass is 10.3. The molecule has 2 N–H and O–H groups in total. The van der Waals surface area contributed by atoms with E-state index < -0.39 is 0 Å². The molecule has 0 aliphatic rings. The van der Waals surface area contributed by atoms with E-state index in [1.807, 2.05) is 12.1 Å². The van der Waals surface area contributed by atoms with Crippen LogP contribution in [-0.2, 0) is 0 Å². The molecule has 0 aliphatic carbocycles. The van der Waals surface area contributed by atoms with Crippen LogP contribution in [-0.4, -0.2) is 24.6 Å². The zero-order chi connectivity index (χ0) is 10.4. The molecule has 0 saturated heterocycles. The molecular weight excluding hydrogens is 198 g/mol. The van der Waals surface area contributed by atoms with Gasteiger partial charge in [0.05, 0.1) is 5.02 Å². The highest BCUT2D eigenvalue weighted by Gasteiger charge is 2.08. The highest BCUT2D eigenvalue weighted by Crippen LogP contribution is 2.21. The second-order valence-corrected chi connectivity index (χ2v) is 3.49. The van der Waals surface area contributed by atoms with Crippen molar-refractivity contribution in [2.45, 2.75) is 13.3 Å². The quantitative estimate of drug-likeness (QED) is 0.813. The first kappa shape index (κ1) is 11.3. The Morgan fingerprint density at radius 3 is 2.86 bits per heavy atom. The Labute approximate surface area is 89.9 Å². The molecule has 0 bridgehead atoms. The van der Waals surface area contributed by atoms with E-state index in [0.29, 0.717) is 11.6 Å². The lowest BCUT2D eigenvalue weighted by Gasteiger charge is -2.23. The van der Waals surface area contributed by atoms with Crippen LogP contribution >= 0.6 is 11.6 Å². The average Bonchev–Trinajstić information content (AvgIpc) is 2.18. The molecule has 1 aromatic rings. The van der Waals surface area contributed by atoms with Gasteiger partial charge in [0.15, 0.2) is 0 Å². The second-order valence-electron chi connectivity index (χ2n) is 3.08. The molecule has 78 valence electrons. The molecule has 0 amide bonds. The van der Waals surface area contributed by atoms with Crippen molar-refractivity contribution in [3.63, 3.8) is 0 Å². The summed E-state index contributed by atoms with van der Waals surface area (Å²) < 4.78 is 0. The number of halogens is 1. The molecule has 0 aromatic carbocycles. The zero-order valence-corrected chi connectivity index (χ0v) is 9.17. The molecule has 14 heavy (non-hydrogen) atoms. The normalized spacial score (nSPS) is 10.2. The third kappa shape index (κ3) is 2.86. The van der Waals surface area contributed by atoms with E-state index in [0.717, 1.165) is 25.3 Å². The van der Waals surface area contributed by atoms with Crippen LogP contribution < -0.4 is 10.6 Å². The Hall–Kier alpha value is -0.800. The summed E-state index contributed by atoms with van der Waals surface area (Å²) >= 11 is 6.05. The number of rotatable bonds is 5. The minimum absolute atomic E-state index is 0.618. The Kier molecular flexibility index (Phi) is 4.70. The fourth-order valence-electron chi connectivity index (χ4n) is 1.36. The number of aromatic nitrogens is 1. The van der Waals surface area contributed by atoms with Gasteiger partial charge in [-0.3, -0.25) is 0 Å². The first-order valence-corrected chi connectivity index (χ1v) is 5.23. The van der Waals surface area contributed by atoms with Crippen LogP contribution in [0.15, 0.2) is 18.3 Å². The lowest BCUT2D eigenvalue weighted by molar-refractivity contribution is 0.751. The Morgan fingerprint density at radius 2 is 2.29 bits per heavy atom. The summed E-state index contributed by atoms with van der Waals surface area (Å²) in [5.74, 6) is 0.835. The summed E-state index contributed by atoms with van der Waals surface area (Å²) in [7, 11) is 0. The van der Waals surface area contributed by atoms with Crippen molar-refractivity contribution in [3.8, 4) is 0 Å². The molecular formula is C10H16ClN3. The van der Waals surface area contributed by atoms with Crippen LogP contribution in [0.1, 0.15) is 13.3 Å². The number of hydrogen-bond donors (Lipinski definition) is 1. The molecule has 1 rings (SSSR count). The van der Waals surface area contributed by atoms with Crippen LogP contribution in [0.3, 0.4) is 0 Å². The number of anilines is 1. The molecule has 3 nitrogen and oxygen atoms in total. The van der Waals surface area contributed by atoms with Gasteiger partial charge in [-0.1, -0.05) is 18.5 Å². The SMILES string of the molecule is CCCN(CCN)c1ncccc1Cl. The molecule has 0 aliphatic heterocycles. The maximum Gasteiger partial charge on any atom is 0.147 e. The molecule has 0 unspecified atom stereocenters. The standard InChI is InChI=1S/C10H16ClN3/c1-2-7-14(8-5-12)10-9(11)4-3-6-13-10/h3-4,6H,2,5,7-8,12H2,1H3. The summed E-state index contributed by atoms with van der Waals surface area (Å²) in [4.78, 5) is 6.37. The first-order chi connectivity index (χ1) is 6.79. The highest BCUT2D eigenvalue weighted by molar-refractivity contribution is 6.32. The predicted molar refractivity (Wildman–Crippen MR) is 60.8 cm³/mol. The van der Waals surface area contributed by atoms with Crippen molar-refractivity contribution in [2.24, 2.45) is 5.73 Å². The topological polar surface area (TPSA) is 42.1 Å². The number of pyridine rings is 1. The number of nitrogens with two attached hydrogens (primary N) is 1. The first-order valence-electron chi connectivity index (χ1n) is 4.85. The van der Waals surface area contributed by atoms with Crippen LogP contribution in [0, 0.1) is 0 Å². The van der Waals surface area contributed by atoms with Crippen LogP contribution in [0.5, 0.6) is 0 Å². The third-order valence-corrected chi connectivity index (χ3v) is 2.23. The molecule has 1 aromatic heterocycles. The molecule has 0 saturated carbocycles. The summed E-state index contributed by atoms with van der Waals surface area (Å²) in [6.45, 7) is 4.48. The summed E-state index contributed by atoms with van der Waals surface area (Å²) in [6.07, 6.45) is 2.81. The summed E-state index contributed by atoms with van der Waals surface area (Å²) in [5.41, 5.74) is 5.53. The van der Waals surface area contributed by atoms with Gasteiger partial charge in [0.25, 0.3) is 0 Å². The Balaban J connectivity index is 2.81. The van der Waals surface area contributed by atoms with Gasteiger partial charge in [-0.05, 0) is 18.6 Å². The van der Waals surface area contributed by atoms with Crippen molar-refractivity contribution in [2.75, 3.05) is 24.5 Å². The maximum atomic E-state index is 6.05. The lowest BCUT2D eigenvalue weighted by Crippen LogP contribution is -2.31. The van der Waals surface area contributed by atoms with E-state index in [1.54, 1.807) is 6.20 Å². The number of hydrogen-bond acceptors (Lipinski definition) is 3. The fourth-order valence-corrected chi connectivity index (χ4v) is 1.60. The van der Waals surface area contributed by atoms with Gasteiger partial charge in [0.1, 0.15) is 5.82 Å². The third-order valence-electron chi connectivity index (χ3n) is 1.93. The zero-order valence-electron chi connectivity index (χ0n) is 8.41. The van der Waals surface area contributed by atoms with Gasteiger partial charge in [-0.25, -0.2) is 4.98 Å². The van der Waals surface area contributed by atoms with Gasteiger partial charge >= 0.3 is 0 Å². The van der Waals surface area contributed by atoms with Gasteiger partial charge in [0.2, 0.25) is 0 Å². The van der Waals surface area contributed by atoms with Crippen LogP contribution in [0.4, 0.5) is 5.82 Å². The minimum atomic E-state index is 0.618. The molecule has 0 radical (unpaired) electrons. The van der Waals surface area contributed by atoms with Crippen molar-refractivity contribution in [1.29, 1.82) is 0 Å². The fraction of sp³-hybridized carbons (Fsp3) is 0.500. The van der Waals surface area contributed by atoms with E-state index in [4.69, 9.17) is 17.3 Å². The van der Waals surface area contributed by atoms with Crippen LogP contribution in [0.25, 0.3) is 0 Å². The average molecular weight is 214 g/mol. The molecule has 0 spiro atoms. The molecule has 1 heterocycles. The van der Waals surface area contributed by atoms with Crippen molar-refractivity contribution >= 4 is 17.4 Å². The van der Waals surface area contributed by atoms with E-state index in [9.17, 15) is 0 Å². The summed E-state index contributed by atoms with van der Waals surface area (Å²) in [5, 5.41) is 0.689. The Morgan fingerprint density at radius 1 is 1.50 bits per heavy atom. The predicted octanol–water partition coefficient (Wildman–Crippen LogP) is 1.91. The van der Waals surface area contributed by atoms with Crippen molar-refractivity contribution < 1.29 is 0 Å². The molecule has 4 heteroatoms. The number of nitrogens with zero attached hydrogens (tertiary/aromatic N) is 2. The van der Waals surface area contributed by atoms with E-state index in [-0.39, 0.29) is 0 Å². The van der Waals surface area contributed by atoms with E-state index in [1.165, 1.54) is 0 Å². The van der Waals surface area contributed by atoms with E-state index >= 15 is 0 Å². The van der Waals surface area contributed by atoms with Crippen molar-refractivity contribution in [3.05, 3.63) is 23.4 Å². The molecule has 0 fully saturated rings. The molecule has 0 atom stereocenters. The van der Waals surface area contributed by atoms with Gasteiger partial charge in [-0.15, -0.1) is 0 Å². The van der Waals surface area contributed by atoms with Gasteiger partial charge < -0.3 is 10.6 Å². The smallest absolute Gasteiger partial charge is 0.147 e. The minimum Gasteiger partial charge on any atom is -0.354 e. The monoisotopic (exact) mass is 213 g/mol. The van der Waals surface area contributed by atoms with Crippen molar-refractivity contribution in [1.82, 2.24) is 4.98 Å². The largest absolute Gasteiger partial charge is 0.354 e.